The summed E-state index contributed by atoms with van der Waals surface area (Å²) in [5.74, 6) is -1.27. The standard InChI is InChI=1S/C18H21N2O7P/c1-11-15(18(21)22)16(13-7-4-5-8-14(13)20(23)24)17(12(2)19(11)3)28(25)26-9-6-10-27-28/h4-5,7-8,12H,6,9-10H2,1-3H3,(H,21,22). The molecule has 1 saturated heterocycles. The van der Waals surface area contributed by atoms with Crippen LogP contribution in [0.3, 0.4) is 0 Å². The van der Waals surface area contributed by atoms with E-state index in [1.165, 1.54) is 18.2 Å². The van der Waals surface area contributed by atoms with Gasteiger partial charge in [0, 0.05) is 24.4 Å². The van der Waals surface area contributed by atoms with E-state index in [1.54, 1.807) is 31.9 Å². The molecule has 0 saturated carbocycles. The van der Waals surface area contributed by atoms with Crippen molar-refractivity contribution in [2.24, 2.45) is 0 Å². The van der Waals surface area contributed by atoms with Gasteiger partial charge in [-0.15, -0.1) is 0 Å². The van der Waals surface area contributed by atoms with Crippen LogP contribution in [0, 0.1) is 10.1 Å². The third-order valence-corrected chi connectivity index (χ3v) is 7.30. The van der Waals surface area contributed by atoms with E-state index in [0.717, 1.165) is 0 Å². The van der Waals surface area contributed by atoms with Crippen molar-refractivity contribution < 1.29 is 28.4 Å². The molecule has 1 fully saturated rings. The van der Waals surface area contributed by atoms with Gasteiger partial charge in [0.1, 0.15) is 0 Å². The first-order chi connectivity index (χ1) is 13.2. The molecular weight excluding hydrogens is 387 g/mol. The lowest BCUT2D eigenvalue weighted by atomic mass is 9.89. The highest BCUT2D eigenvalue weighted by Gasteiger charge is 2.46. The van der Waals surface area contributed by atoms with Crippen LogP contribution in [0.4, 0.5) is 5.69 Å². The molecule has 1 unspecified atom stereocenters. The quantitative estimate of drug-likeness (QED) is 0.456. The third-order valence-electron chi connectivity index (χ3n) is 5.06. The van der Waals surface area contributed by atoms with E-state index in [-0.39, 0.29) is 40.9 Å². The van der Waals surface area contributed by atoms with Crippen LogP contribution < -0.4 is 0 Å². The lowest BCUT2D eigenvalue weighted by molar-refractivity contribution is -0.385. The molecule has 3 rings (SSSR count). The SMILES string of the molecule is CC1=C(C(=O)O)C(c2ccccc2[N+](=O)[O-])=C(P2(=O)OCCCO2)C(C)N1C. The Morgan fingerprint density at radius 2 is 1.93 bits per heavy atom. The molecule has 0 aromatic heterocycles. The normalized spacial score (nSPS) is 22.4. The van der Waals surface area contributed by atoms with Gasteiger partial charge in [0.25, 0.3) is 5.69 Å². The van der Waals surface area contributed by atoms with Gasteiger partial charge in [0.2, 0.25) is 0 Å². The fourth-order valence-electron chi connectivity index (χ4n) is 3.52. The number of carbonyl (C=O) groups is 1. The number of nitrogens with zero attached hydrogens (tertiary/aromatic N) is 2. The van der Waals surface area contributed by atoms with Gasteiger partial charge in [0.15, 0.2) is 0 Å². The van der Waals surface area contributed by atoms with Crippen LogP contribution in [0.2, 0.25) is 0 Å². The number of benzene rings is 1. The summed E-state index contributed by atoms with van der Waals surface area (Å²) in [6.45, 7) is 3.76. The number of allylic oxidation sites excluding steroid dienone is 1. The smallest absolute Gasteiger partial charge is 0.360 e. The molecule has 0 spiro atoms. The lowest BCUT2D eigenvalue weighted by Gasteiger charge is -2.39. The molecule has 28 heavy (non-hydrogen) atoms. The Kier molecular flexibility index (Phi) is 5.43. The molecule has 1 aromatic rings. The monoisotopic (exact) mass is 408 g/mol. The van der Waals surface area contributed by atoms with Crippen molar-refractivity contribution in [3.05, 3.63) is 56.5 Å². The fraction of sp³-hybridized carbons (Fsp3) is 0.389. The number of hydrogen-bond donors (Lipinski definition) is 1. The minimum Gasteiger partial charge on any atom is -0.478 e. The zero-order chi connectivity index (χ0) is 20.6. The molecule has 1 N–H and O–H groups in total. The number of nitro benzene ring substituents is 1. The molecule has 10 heteroatoms. The van der Waals surface area contributed by atoms with E-state index in [0.29, 0.717) is 12.1 Å². The van der Waals surface area contributed by atoms with Crippen molar-refractivity contribution >= 4 is 24.8 Å². The topological polar surface area (TPSA) is 119 Å². The van der Waals surface area contributed by atoms with E-state index in [1.807, 2.05) is 0 Å². The summed E-state index contributed by atoms with van der Waals surface area (Å²) in [6.07, 6.45) is 0.558. The Morgan fingerprint density at radius 3 is 2.50 bits per heavy atom. The minimum atomic E-state index is -3.84. The predicted octanol–water partition coefficient (Wildman–Crippen LogP) is 3.63. The Balaban J connectivity index is 2.43. The van der Waals surface area contributed by atoms with Crippen LogP contribution >= 0.6 is 7.60 Å². The molecule has 0 bridgehead atoms. The summed E-state index contributed by atoms with van der Waals surface area (Å²) in [5.41, 5.74) is 0.0839. The first-order valence-corrected chi connectivity index (χ1v) is 10.3. The highest BCUT2D eigenvalue weighted by atomic mass is 31.2. The Morgan fingerprint density at radius 1 is 1.32 bits per heavy atom. The van der Waals surface area contributed by atoms with Gasteiger partial charge < -0.3 is 19.1 Å². The summed E-state index contributed by atoms with van der Waals surface area (Å²) in [7, 11) is -2.16. The molecule has 0 radical (unpaired) electrons. The second-order valence-corrected chi connectivity index (χ2v) is 8.60. The van der Waals surface area contributed by atoms with Crippen LogP contribution in [0.25, 0.3) is 5.57 Å². The average molecular weight is 408 g/mol. The number of rotatable bonds is 4. The number of para-hydroxylation sites is 1. The highest BCUT2D eigenvalue weighted by molar-refractivity contribution is 7.59. The number of hydrogen-bond acceptors (Lipinski definition) is 7. The predicted molar refractivity (Wildman–Crippen MR) is 102 cm³/mol. The van der Waals surface area contributed by atoms with Gasteiger partial charge in [-0.3, -0.25) is 14.7 Å². The van der Waals surface area contributed by atoms with E-state index >= 15 is 0 Å². The van der Waals surface area contributed by atoms with Crippen molar-refractivity contribution in [3.8, 4) is 0 Å². The molecule has 2 aliphatic heterocycles. The van der Waals surface area contributed by atoms with Crippen LogP contribution in [0.1, 0.15) is 25.8 Å². The van der Waals surface area contributed by atoms with E-state index < -0.39 is 24.5 Å². The van der Waals surface area contributed by atoms with Crippen LogP contribution in [0.15, 0.2) is 40.8 Å². The number of aliphatic carboxylic acids is 1. The zero-order valence-electron chi connectivity index (χ0n) is 15.7. The molecule has 150 valence electrons. The van der Waals surface area contributed by atoms with Gasteiger partial charge in [-0.05, 0) is 26.3 Å². The van der Waals surface area contributed by atoms with Gasteiger partial charge >= 0.3 is 13.6 Å². The number of carboxylic acid groups (broad SMARTS) is 1. The summed E-state index contributed by atoms with van der Waals surface area (Å²) in [4.78, 5) is 24.8. The minimum absolute atomic E-state index is 0.0353. The lowest BCUT2D eigenvalue weighted by Crippen LogP contribution is -2.36. The summed E-state index contributed by atoms with van der Waals surface area (Å²) in [5, 5.41) is 21.7. The summed E-state index contributed by atoms with van der Waals surface area (Å²) >= 11 is 0. The molecule has 0 aliphatic carbocycles. The Bertz CT molecular complexity index is 943. The maximum Gasteiger partial charge on any atom is 0.360 e. The second-order valence-electron chi connectivity index (χ2n) is 6.60. The average Bonchev–Trinajstić information content (AvgIpc) is 2.65. The molecule has 1 atom stereocenters. The van der Waals surface area contributed by atoms with E-state index in [4.69, 9.17) is 9.05 Å². The Hall–Kier alpha value is -2.48. The van der Waals surface area contributed by atoms with Crippen molar-refractivity contribution in [2.75, 3.05) is 20.3 Å². The number of nitro groups is 1. The summed E-state index contributed by atoms with van der Waals surface area (Å²) < 4.78 is 24.6. The zero-order valence-corrected chi connectivity index (χ0v) is 16.6. The van der Waals surface area contributed by atoms with E-state index in [2.05, 4.69) is 0 Å². The first kappa shape index (κ1) is 20.3. The second kappa shape index (κ2) is 7.50. The molecule has 1 aromatic carbocycles. The maximum absolute atomic E-state index is 13.6. The van der Waals surface area contributed by atoms with Crippen molar-refractivity contribution in [1.82, 2.24) is 4.90 Å². The molecule has 2 heterocycles. The van der Waals surface area contributed by atoms with Crippen molar-refractivity contribution in [2.45, 2.75) is 26.3 Å². The van der Waals surface area contributed by atoms with Crippen molar-refractivity contribution in [1.29, 1.82) is 0 Å². The largest absolute Gasteiger partial charge is 0.478 e. The van der Waals surface area contributed by atoms with Crippen LogP contribution in [-0.2, 0) is 18.4 Å². The third kappa shape index (κ3) is 3.26. The van der Waals surface area contributed by atoms with Crippen LogP contribution in [-0.4, -0.2) is 47.2 Å². The summed E-state index contributed by atoms with van der Waals surface area (Å²) in [6, 6.07) is 5.27. The Labute approximate surface area is 161 Å². The van der Waals surface area contributed by atoms with E-state index in [9.17, 15) is 24.6 Å². The molecule has 2 aliphatic rings. The molecule has 0 amide bonds. The molecular formula is C18H21N2O7P. The van der Waals surface area contributed by atoms with Crippen LogP contribution in [0.5, 0.6) is 0 Å². The maximum atomic E-state index is 13.6. The molecule has 9 nitrogen and oxygen atoms in total. The van der Waals surface area contributed by atoms with Crippen molar-refractivity contribution in [3.63, 3.8) is 0 Å². The van der Waals surface area contributed by atoms with Gasteiger partial charge in [0.05, 0.1) is 40.6 Å². The fourth-order valence-corrected chi connectivity index (χ4v) is 5.75. The number of carboxylic acids is 1. The first-order valence-electron chi connectivity index (χ1n) is 8.74. The van der Waals surface area contributed by atoms with Gasteiger partial charge in [-0.1, -0.05) is 12.1 Å². The van der Waals surface area contributed by atoms with Gasteiger partial charge in [-0.25, -0.2) is 4.79 Å². The van der Waals surface area contributed by atoms with Gasteiger partial charge in [-0.2, -0.15) is 0 Å². The number of likely N-dealkylation sites (N-methyl/N-ethyl adjacent to an activating group) is 1. The highest BCUT2D eigenvalue weighted by Crippen LogP contribution is 2.64.